The first-order chi connectivity index (χ1) is 15.1. The van der Waals surface area contributed by atoms with Crippen LogP contribution in [0.5, 0.6) is 5.75 Å². The Morgan fingerprint density at radius 2 is 1.90 bits per heavy atom. The summed E-state index contributed by atoms with van der Waals surface area (Å²) in [6.07, 6.45) is -0.924. The molecule has 0 unspecified atom stereocenters. The monoisotopic (exact) mass is 420 g/mol. The second kappa shape index (κ2) is 9.36. The van der Waals surface area contributed by atoms with Crippen molar-refractivity contribution < 1.29 is 19.0 Å². The standard InChI is InChI=1S/C23H21FN4O3/c24-18-4-3-5-20(12-18)31-15-19(29)13-25-23(30)17-10-8-16(9-11-17)14-28-22-7-2-1-6-21(22)26-27-28/h1-12,19,29H,13-15H2,(H,25,30)/t19-/m1/s1. The summed E-state index contributed by atoms with van der Waals surface area (Å²) >= 11 is 0. The van der Waals surface area contributed by atoms with Crippen LogP contribution in [0.4, 0.5) is 4.39 Å². The zero-order valence-electron chi connectivity index (χ0n) is 16.6. The number of hydrogen-bond acceptors (Lipinski definition) is 5. The Kier molecular flexibility index (Phi) is 6.18. The number of nitrogens with one attached hydrogen (secondary N) is 1. The number of halogens is 1. The van der Waals surface area contributed by atoms with Crippen LogP contribution >= 0.6 is 0 Å². The summed E-state index contributed by atoms with van der Waals surface area (Å²) in [5, 5.41) is 21.0. The number of hydrogen-bond donors (Lipinski definition) is 2. The van der Waals surface area contributed by atoms with Gasteiger partial charge in [-0.05, 0) is 42.0 Å². The molecule has 1 atom stereocenters. The number of ether oxygens (including phenoxy) is 1. The number of para-hydroxylation sites is 1. The molecule has 0 aliphatic rings. The minimum absolute atomic E-state index is 0.0147. The number of carbonyl (C=O) groups excluding carboxylic acids is 1. The molecule has 0 aliphatic heterocycles. The van der Waals surface area contributed by atoms with E-state index in [-0.39, 0.29) is 19.1 Å². The molecule has 2 N–H and O–H groups in total. The van der Waals surface area contributed by atoms with Gasteiger partial charge in [-0.15, -0.1) is 5.10 Å². The van der Waals surface area contributed by atoms with Crippen molar-refractivity contribution >= 4 is 16.9 Å². The van der Waals surface area contributed by atoms with Gasteiger partial charge in [0, 0.05) is 18.2 Å². The molecule has 0 bridgehead atoms. The largest absolute Gasteiger partial charge is 0.491 e. The van der Waals surface area contributed by atoms with Gasteiger partial charge in [0.25, 0.3) is 5.91 Å². The van der Waals surface area contributed by atoms with E-state index in [0.717, 1.165) is 16.6 Å². The third-order valence-corrected chi connectivity index (χ3v) is 4.71. The fourth-order valence-electron chi connectivity index (χ4n) is 3.09. The lowest BCUT2D eigenvalue weighted by atomic mass is 10.1. The maximum atomic E-state index is 13.1. The molecule has 0 radical (unpaired) electrons. The summed E-state index contributed by atoms with van der Waals surface area (Å²) < 4.78 is 20.3. The van der Waals surface area contributed by atoms with Gasteiger partial charge in [0.15, 0.2) is 0 Å². The number of aliphatic hydroxyl groups excluding tert-OH is 1. The smallest absolute Gasteiger partial charge is 0.251 e. The van der Waals surface area contributed by atoms with Gasteiger partial charge in [-0.1, -0.05) is 35.5 Å². The van der Waals surface area contributed by atoms with Gasteiger partial charge < -0.3 is 15.2 Å². The van der Waals surface area contributed by atoms with Crippen LogP contribution in [0.2, 0.25) is 0 Å². The second-order valence-corrected chi connectivity index (χ2v) is 7.06. The van der Waals surface area contributed by atoms with Crippen molar-refractivity contribution in [1.82, 2.24) is 20.3 Å². The van der Waals surface area contributed by atoms with E-state index < -0.39 is 11.9 Å². The molecule has 0 saturated heterocycles. The first-order valence-electron chi connectivity index (χ1n) is 9.80. The van der Waals surface area contributed by atoms with E-state index in [1.165, 1.54) is 18.2 Å². The normalized spacial score (nSPS) is 11.9. The number of aliphatic hydroxyl groups is 1. The van der Waals surface area contributed by atoms with E-state index in [1.807, 2.05) is 36.4 Å². The zero-order chi connectivity index (χ0) is 21.6. The highest BCUT2D eigenvalue weighted by Gasteiger charge is 2.11. The first kappa shape index (κ1) is 20.5. The highest BCUT2D eigenvalue weighted by Crippen LogP contribution is 2.14. The molecule has 4 rings (SSSR count). The Bertz CT molecular complexity index is 1180. The molecule has 3 aromatic carbocycles. The average molecular weight is 420 g/mol. The predicted octanol–water partition coefficient (Wildman–Crippen LogP) is 2.79. The van der Waals surface area contributed by atoms with Crippen molar-refractivity contribution in [3.8, 4) is 5.75 Å². The average Bonchev–Trinajstić information content (AvgIpc) is 3.19. The lowest BCUT2D eigenvalue weighted by Crippen LogP contribution is -2.35. The molecule has 158 valence electrons. The van der Waals surface area contributed by atoms with Crippen LogP contribution in [0.25, 0.3) is 11.0 Å². The molecule has 7 nitrogen and oxygen atoms in total. The number of aromatic nitrogens is 3. The quantitative estimate of drug-likeness (QED) is 0.458. The number of rotatable bonds is 8. The predicted molar refractivity (Wildman–Crippen MR) is 113 cm³/mol. The van der Waals surface area contributed by atoms with Crippen molar-refractivity contribution in [3.05, 3.63) is 89.7 Å². The molecule has 0 fully saturated rings. The van der Waals surface area contributed by atoms with Crippen LogP contribution in [0, 0.1) is 5.82 Å². The van der Waals surface area contributed by atoms with E-state index >= 15 is 0 Å². The number of nitrogens with zero attached hydrogens (tertiary/aromatic N) is 3. The Morgan fingerprint density at radius 1 is 1.10 bits per heavy atom. The van der Waals surface area contributed by atoms with Gasteiger partial charge in [-0.2, -0.15) is 0 Å². The van der Waals surface area contributed by atoms with Gasteiger partial charge in [-0.3, -0.25) is 4.79 Å². The number of fused-ring (bicyclic) bond motifs is 1. The number of benzene rings is 3. The lowest BCUT2D eigenvalue weighted by Gasteiger charge is -2.13. The lowest BCUT2D eigenvalue weighted by molar-refractivity contribution is 0.0843. The maximum Gasteiger partial charge on any atom is 0.251 e. The van der Waals surface area contributed by atoms with Crippen LogP contribution in [-0.4, -0.2) is 45.3 Å². The highest BCUT2D eigenvalue weighted by molar-refractivity contribution is 5.94. The van der Waals surface area contributed by atoms with Gasteiger partial charge in [-0.25, -0.2) is 9.07 Å². The maximum absolute atomic E-state index is 13.1. The summed E-state index contributed by atoms with van der Waals surface area (Å²) in [4.78, 5) is 12.3. The van der Waals surface area contributed by atoms with E-state index in [4.69, 9.17) is 4.74 Å². The number of carbonyl (C=O) groups is 1. The van der Waals surface area contributed by atoms with Crippen molar-refractivity contribution in [3.63, 3.8) is 0 Å². The summed E-state index contributed by atoms with van der Waals surface area (Å²) in [7, 11) is 0. The Balaban J connectivity index is 1.28. The molecule has 1 aromatic heterocycles. The molecule has 0 aliphatic carbocycles. The van der Waals surface area contributed by atoms with Crippen LogP contribution in [0.15, 0.2) is 72.8 Å². The molecule has 4 aromatic rings. The van der Waals surface area contributed by atoms with Crippen molar-refractivity contribution in [2.24, 2.45) is 0 Å². The molecule has 8 heteroatoms. The van der Waals surface area contributed by atoms with E-state index in [2.05, 4.69) is 15.6 Å². The molecule has 0 saturated carbocycles. The van der Waals surface area contributed by atoms with E-state index in [1.54, 1.807) is 22.9 Å². The summed E-state index contributed by atoms with van der Waals surface area (Å²) in [5.74, 6) is -0.399. The van der Waals surface area contributed by atoms with Crippen molar-refractivity contribution in [2.45, 2.75) is 12.6 Å². The Labute approximate surface area is 178 Å². The third-order valence-electron chi connectivity index (χ3n) is 4.71. The summed E-state index contributed by atoms with van der Waals surface area (Å²) in [6, 6.07) is 20.5. The van der Waals surface area contributed by atoms with Crippen LogP contribution < -0.4 is 10.1 Å². The van der Waals surface area contributed by atoms with Gasteiger partial charge in [0.05, 0.1) is 12.1 Å². The van der Waals surface area contributed by atoms with Crippen molar-refractivity contribution in [1.29, 1.82) is 0 Å². The zero-order valence-corrected chi connectivity index (χ0v) is 16.6. The molecule has 1 heterocycles. The van der Waals surface area contributed by atoms with Gasteiger partial charge in [0.2, 0.25) is 0 Å². The third kappa shape index (κ3) is 5.23. The summed E-state index contributed by atoms with van der Waals surface area (Å²) in [6.45, 7) is 0.494. The molecule has 0 spiro atoms. The molecule has 1 amide bonds. The fraction of sp³-hybridized carbons (Fsp3) is 0.174. The van der Waals surface area contributed by atoms with Crippen LogP contribution in [0.1, 0.15) is 15.9 Å². The fourth-order valence-corrected chi connectivity index (χ4v) is 3.09. The van der Waals surface area contributed by atoms with Crippen LogP contribution in [-0.2, 0) is 6.54 Å². The van der Waals surface area contributed by atoms with E-state index in [9.17, 15) is 14.3 Å². The van der Waals surface area contributed by atoms with Crippen LogP contribution in [0.3, 0.4) is 0 Å². The Hall–Kier alpha value is -3.78. The SMILES string of the molecule is O=C(NC[C@@H](O)COc1cccc(F)c1)c1ccc(Cn2nnc3ccccc32)cc1. The van der Waals surface area contributed by atoms with Crippen molar-refractivity contribution in [2.75, 3.05) is 13.2 Å². The first-order valence-corrected chi connectivity index (χ1v) is 9.80. The van der Waals surface area contributed by atoms with Gasteiger partial charge >= 0.3 is 0 Å². The van der Waals surface area contributed by atoms with Gasteiger partial charge in [0.1, 0.15) is 29.8 Å². The summed E-state index contributed by atoms with van der Waals surface area (Å²) in [5.41, 5.74) is 3.23. The van der Waals surface area contributed by atoms with E-state index in [0.29, 0.717) is 17.9 Å². The highest BCUT2D eigenvalue weighted by atomic mass is 19.1. The molecular weight excluding hydrogens is 399 g/mol. The topological polar surface area (TPSA) is 89.3 Å². The minimum atomic E-state index is -0.924. The second-order valence-electron chi connectivity index (χ2n) is 7.06. The minimum Gasteiger partial charge on any atom is -0.491 e. The Morgan fingerprint density at radius 3 is 2.71 bits per heavy atom. The molecule has 31 heavy (non-hydrogen) atoms. The molecular formula is C23H21FN4O3. The number of amides is 1.